The fraction of sp³-hybridized carbons (Fsp3) is 0.308. The van der Waals surface area contributed by atoms with E-state index in [1.54, 1.807) is 0 Å². The van der Waals surface area contributed by atoms with E-state index in [0.29, 0.717) is 6.54 Å². The van der Waals surface area contributed by atoms with Crippen LogP contribution in [-0.4, -0.2) is 23.6 Å². The van der Waals surface area contributed by atoms with E-state index < -0.39 is 0 Å². The van der Waals surface area contributed by atoms with Crippen molar-refractivity contribution in [3.05, 3.63) is 125 Å². The minimum atomic E-state index is -0.243. The quantitative estimate of drug-likeness (QED) is 0.173. The Morgan fingerprint density at radius 1 is 0.619 bits per heavy atom. The van der Waals surface area contributed by atoms with Crippen molar-refractivity contribution >= 4 is 12.2 Å². The van der Waals surface area contributed by atoms with Gasteiger partial charge in [-0.05, 0) is 69.8 Å². The Bertz CT molecular complexity index is 1470. The SMILES string of the molecule is CCCCN1C(=O)O/C(=C\c2ccc(-c3ccc(CCC)cc3)cc2)C1Cc1ccc(-c2ccc(CCC)cc2)cc1. The van der Waals surface area contributed by atoms with Gasteiger partial charge in [0.25, 0.3) is 0 Å². The maximum atomic E-state index is 13.0. The van der Waals surface area contributed by atoms with E-state index in [4.69, 9.17) is 4.74 Å². The molecule has 1 fully saturated rings. The van der Waals surface area contributed by atoms with Gasteiger partial charge >= 0.3 is 6.09 Å². The van der Waals surface area contributed by atoms with Crippen LogP contribution >= 0.6 is 0 Å². The molecule has 0 bridgehead atoms. The molecule has 4 aromatic carbocycles. The molecule has 1 aliphatic heterocycles. The maximum Gasteiger partial charge on any atom is 0.415 e. The van der Waals surface area contributed by atoms with Crippen LogP contribution in [0.2, 0.25) is 0 Å². The van der Waals surface area contributed by atoms with Crippen molar-refractivity contribution in [2.75, 3.05) is 6.54 Å². The largest absolute Gasteiger partial charge is 0.415 e. The van der Waals surface area contributed by atoms with Gasteiger partial charge in [0.1, 0.15) is 5.76 Å². The fourth-order valence-corrected chi connectivity index (χ4v) is 5.72. The Labute approximate surface area is 251 Å². The number of ether oxygens (including phenoxy) is 1. The molecule has 1 saturated heterocycles. The zero-order valence-corrected chi connectivity index (χ0v) is 25.3. The smallest absolute Gasteiger partial charge is 0.412 e. The van der Waals surface area contributed by atoms with Crippen molar-refractivity contribution in [1.82, 2.24) is 4.90 Å². The Balaban J connectivity index is 1.34. The summed E-state index contributed by atoms with van der Waals surface area (Å²) in [7, 11) is 0. The van der Waals surface area contributed by atoms with Crippen LogP contribution in [0.1, 0.15) is 68.7 Å². The molecule has 4 aromatic rings. The van der Waals surface area contributed by atoms with Crippen molar-refractivity contribution in [2.24, 2.45) is 0 Å². The van der Waals surface area contributed by atoms with Crippen molar-refractivity contribution < 1.29 is 9.53 Å². The average Bonchev–Trinajstić information content (AvgIpc) is 3.30. The minimum Gasteiger partial charge on any atom is -0.412 e. The predicted octanol–water partition coefficient (Wildman–Crippen LogP) is 10.1. The first-order valence-electron chi connectivity index (χ1n) is 15.7. The first-order valence-corrected chi connectivity index (χ1v) is 15.7. The predicted molar refractivity (Wildman–Crippen MR) is 175 cm³/mol. The van der Waals surface area contributed by atoms with Gasteiger partial charge in [-0.1, -0.05) is 137 Å². The van der Waals surface area contributed by atoms with E-state index in [9.17, 15) is 4.79 Å². The van der Waals surface area contributed by atoms with Crippen LogP contribution in [0.5, 0.6) is 0 Å². The van der Waals surface area contributed by atoms with Crippen molar-refractivity contribution in [1.29, 1.82) is 0 Å². The molecule has 3 nitrogen and oxygen atoms in total. The highest BCUT2D eigenvalue weighted by Crippen LogP contribution is 2.30. The third-order valence-electron chi connectivity index (χ3n) is 8.15. The Hall–Kier alpha value is -4.11. The molecule has 0 radical (unpaired) electrons. The van der Waals surface area contributed by atoms with Gasteiger partial charge in [0.2, 0.25) is 0 Å². The lowest BCUT2D eigenvalue weighted by Gasteiger charge is -2.21. The summed E-state index contributed by atoms with van der Waals surface area (Å²) in [5.74, 6) is 0.725. The molecule has 1 atom stereocenters. The normalized spacial score (nSPS) is 15.8. The Morgan fingerprint density at radius 2 is 1.07 bits per heavy atom. The highest BCUT2D eigenvalue weighted by Gasteiger charge is 2.37. The third-order valence-corrected chi connectivity index (χ3v) is 8.15. The van der Waals surface area contributed by atoms with E-state index in [-0.39, 0.29) is 12.1 Å². The number of carbonyl (C=O) groups is 1. The summed E-state index contributed by atoms with van der Waals surface area (Å²) in [6.07, 6.45) is 9.04. The van der Waals surface area contributed by atoms with E-state index in [1.165, 1.54) is 38.9 Å². The Kier molecular flexibility index (Phi) is 9.92. The van der Waals surface area contributed by atoms with Gasteiger partial charge in [0.05, 0.1) is 6.04 Å². The van der Waals surface area contributed by atoms with Gasteiger partial charge in [-0.2, -0.15) is 0 Å². The van der Waals surface area contributed by atoms with Crippen LogP contribution in [0.15, 0.2) is 103 Å². The molecule has 5 rings (SSSR count). The van der Waals surface area contributed by atoms with Crippen LogP contribution in [0.3, 0.4) is 0 Å². The molecule has 0 aliphatic carbocycles. The summed E-state index contributed by atoms with van der Waals surface area (Å²) >= 11 is 0. The molecule has 1 amide bonds. The Morgan fingerprint density at radius 3 is 1.52 bits per heavy atom. The van der Waals surface area contributed by atoms with Gasteiger partial charge in [-0.3, -0.25) is 4.90 Å². The van der Waals surface area contributed by atoms with Gasteiger partial charge in [0, 0.05) is 13.0 Å². The lowest BCUT2D eigenvalue weighted by Crippen LogP contribution is -2.35. The van der Waals surface area contributed by atoms with E-state index in [2.05, 4.69) is 118 Å². The van der Waals surface area contributed by atoms with Crippen LogP contribution < -0.4 is 0 Å². The monoisotopic (exact) mass is 557 g/mol. The molecule has 1 aliphatic rings. The number of carbonyl (C=O) groups excluding carboxylic acids is 1. The summed E-state index contributed by atoms with van der Waals surface area (Å²) in [6.45, 7) is 7.27. The number of cyclic esters (lactones) is 1. The van der Waals surface area contributed by atoms with Gasteiger partial charge in [-0.25, -0.2) is 4.79 Å². The van der Waals surface area contributed by atoms with Crippen LogP contribution in [-0.2, 0) is 24.0 Å². The van der Waals surface area contributed by atoms with E-state index in [1.807, 2.05) is 11.0 Å². The standard InChI is InChI=1S/C39H43NO2/c1-4-7-26-40-37(27-31-14-22-35(23-15-31)33-18-10-29(8-5-2)11-19-33)38(42-39(40)41)28-32-16-24-36(25-17-32)34-20-12-30(9-6-3)13-21-34/h10-25,28,37H,4-9,26-27H2,1-3H3/b38-28-. The lowest BCUT2D eigenvalue weighted by atomic mass is 9.97. The van der Waals surface area contributed by atoms with Crippen LogP contribution in [0, 0.1) is 0 Å². The number of nitrogens with zero attached hydrogens (tertiary/aromatic N) is 1. The molecular formula is C39H43NO2. The second-order valence-electron chi connectivity index (χ2n) is 11.4. The summed E-state index contributed by atoms with van der Waals surface area (Å²) < 4.78 is 5.88. The van der Waals surface area contributed by atoms with E-state index in [0.717, 1.165) is 56.3 Å². The van der Waals surface area contributed by atoms with E-state index >= 15 is 0 Å². The second kappa shape index (κ2) is 14.2. The molecule has 1 heterocycles. The zero-order valence-electron chi connectivity index (χ0n) is 25.3. The zero-order chi connectivity index (χ0) is 29.3. The highest BCUT2D eigenvalue weighted by molar-refractivity contribution is 5.76. The highest BCUT2D eigenvalue weighted by atomic mass is 16.6. The molecule has 216 valence electrons. The second-order valence-corrected chi connectivity index (χ2v) is 11.4. The molecule has 0 aromatic heterocycles. The minimum absolute atomic E-state index is 0.117. The third kappa shape index (κ3) is 7.20. The summed E-state index contributed by atoms with van der Waals surface area (Å²) in [5.41, 5.74) is 9.82. The molecule has 3 heteroatoms. The molecular weight excluding hydrogens is 514 g/mol. The number of unbranched alkanes of at least 4 members (excludes halogenated alkanes) is 1. The number of amides is 1. The number of benzene rings is 4. The fourth-order valence-electron chi connectivity index (χ4n) is 5.72. The van der Waals surface area contributed by atoms with Crippen LogP contribution in [0.4, 0.5) is 4.79 Å². The molecule has 0 saturated carbocycles. The number of hydrogen-bond donors (Lipinski definition) is 0. The average molecular weight is 558 g/mol. The van der Waals surface area contributed by atoms with Gasteiger partial charge < -0.3 is 4.74 Å². The molecule has 42 heavy (non-hydrogen) atoms. The van der Waals surface area contributed by atoms with Crippen LogP contribution in [0.25, 0.3) is 28.3 Å². The summed E-state index contributed by atoms with van der Waals surface area (Å²) in [5, 5.41) is 0. The van der Waals surface area contributed by atoms with Crippen molar-refractivity contribution in [3.63, 3.8) is 0 Å². The molecule has 1 unspecified atom stereocenters. The summed E-state index contributed by atoms with van der Waals surface area (Å²) in [4.78, 5) is 14.9. The molecule has 0 spiro atoms. The molecule has 0 N–H and O–H groups in total. The van der Waals surface area contributed by atoms with Crippen molar-refractivity contribution in [3.8, 4) is 22.3 Å². The lowest BCUT2D eigenvalue weighted by molar-refractivity contribution is 0.164. The number of rotatable bonds is 12. The first kappa shape index (κ1) is 29.4. The van der Waals surface area contributed by atoms with Gasteiger partial charge in [0.15, 0.2) is 0 Å². The first-order chi connectivity index (χ1) is 20.6. The summed E-state index contributed by atoms with van der Waals surface area (Å²) in [6, 6.07) is 34.9. The maximum absolute atomic E-state index is 13.0. The number of hydrogen-bond acceptors (Lipinski definition) is 2. The topological polar surface area (TPSA) is 29.5 Å². The van der Waals surface area contributed by atoms with Gasteiger partial charge in [-0.15, -0.1) is 0 Å². The van der Waals surface area contributed by atoms with Crippen molar-refractivity contribution in [2.45, 2.75) is 71.8 Å². The number of aryl methyl sites for hydroxylation is 2.